The van der Waals surface area contributed by atoms with Crippen LogP contribution in [0.15, 0.2) is 12.3 Å². The SMILES string of the molecule is Cc1cc(CCc2nc(C)nc(C)c2C)c(C)cn1. The molecule has 0 fully saturated rings. The Labute approximate surface area is 115 Å². The summed E-state index contributed by atoms with van der Waals surface area (Å²) in [4.78, 5) is 13.3. The van der Waals surface area contributed by atoms with Gasteiger partial charge in [-0.1, -0.05) is 0 Å². The second-order valence-electron chi connectivity index (χ2n) is 5.18. The normalized spacial score (nSPS) is 10.8. The third-order valence-electron chi connectivity index (χ3n) is 3.58. The van der Waals surface area contributed by atoms with E-state index in [-0.39, 0.29) is 0 Å². The lowest BCUT2D eigenvalue weighted by Gasteiger charge is -2.10. The maximum Gasteiger partial charge on any atom is 0.125 e. The predicted octanol–water partition coefficient (Wildman–Crippen LogP) is 3.20. The second kappa shape index (κ2) is 5.47. The summed E-state index contributed by atoms with van der Waals surface area (Å²) in [5, 5.41) is 0. The van der Waals surface area contributed by atoms with Crippen LogP contribution in [0, 0.1) is 34.6 Å². The molecule has 0 N–H and O–H groups in total. The molecule has 0 aliphatic carbocycles. The van der Waals surface area contributed by atoms with Gasteiger partial charge in [0, 0.05) is 23.3 Å². The van der Waals surface area contributed by atoms with Gasteiger partial charge in [0.25, 0.3) is 0 Å². The maximum absolute atomic E-state index is 4.57. The molecule has 0 unspecified atom stereocenters. The van der Waals surface area contributed by atoms with E-state index in [0.29, 0.717) is 0 Å². The van der Waals surface area contributed by atoms with Crippen LogP contribution in [-0.2, 0) is 12.8 Å². The minimum atomic E-state index is 0.862. The highest BCUT2D eigenvalue weighted by Gasteiger charge is 2.07. The number of aryl methyl sites for hydroxylation is 6. The van der Waals surface area contributed by atoms with Crippen LogP contribution in [0.4, 0.5) is 0 Å². The monoisotopic (exact) mass is 255 g/mol. The molecule has 2 rings (SSSR count). The largest absolute Gasteiger partial charge is 0.261 e. The van der Waals surface area contributed by atoms with Crippen LogP contribution in [0.1, 0.15) is 39.6 Å². The maximum atomic E-state index is 4.57. The van der Waals surface area contributed by atoms with E-state index in [2.05, 4.69) is 41.8 Å². The van der Waals surface area contributed by atoms with E-state index in [1.807, 2.05) is 20.0 Å². The molecule has 0 amide bonds. The van der Waals surface area contributed by atoms with E-state index in [1.54, 1.807) is 0 Å². The first kappa shape index (κ1) is 13.7. The molecule has 0 saturated heterocycles. The fourth-order valence-electron chi connectivity index (χ4n) is 2.29. The third kappa shape index (κ3) is 3.16. The smallest absolute Gasteiger partial charge is 0.125 e. The minimum Gasteiger partial charge on any atom is -0.261 e. The van der Waals surface area contributed by atoms with Crippen molar-refractivity contribution in [2.45, 2.75) is 47.5 Å². The van der Waals surface area contributed by atoms with E-state index in [1.165, 1.54) is 22.4 Å². The molecule has 0 bridgehead atoms. The fraction of sp³-hybridized carbons (Fsp3) is 0.438. The number of nitrogens with zero attached hydrogens (tertiary/aromatic N) is 3. The molecule has 2 heterocycles. The highest BCUT2D eigenvalue weighted by Crippen LogP contribution is 2.15. The molecular weight excluding hydrogens is 234 g/mol. The molecule has 2 aromatic rings. The number of pyridine rings is 1. The van der Waals surface area contributed by atoms with Crippen molar-refractivity contribution in [2.24, 2.45) is 0 Å². The molecule has 3 nitrogen and oxygen atoms in total. The van der Waals surface area contributed by atoms with Crippen molar-refractivity contribution in [3.63, 3.8) is 0 Å². The zero-order chi connectivity index (χ0) is 14.0. The molecule has 0 radical (unpaired) electrons. The second-order valence-corrected chi connectivity index (χ2v) is 5.18. The molecule has 2 aromatic heterocycles. The van der Waals surface area contributed by atoms with Gasteiger partial charge in [0.15, 0.2) is 0 Å². The van der Waals surface area contributed by atoms with Gasteiger partial charge in [0.1, 0.15) is 5.82 Å². The lowest BCUT2D eigenvalue weighted by atomic mass is 10.0. The summed E-state index contributed by atoms with van der Waals surface area (Å²) in [5.41, 5.74) is 7.16. The third-order valence-corrected chi connectivity index (χ3v) is 3.58. The molecule has 0 aliphatic rings. The van der Waals surface area contributed by atoms with Crippen LogP contribution < -0.4 is 0 Å². The zero-order valence-corrected chi connectivity index (χ0v) is 12.4. The highest BCUT2D eigenvalue weighted by molar-refractivity contribution is 5.28. The van der Waals surface area contributed by atoms with Gasteiger partial charge in [0.05, 0.1) is 0 Å². The number of hydrogen-bond donors (Lipinski definition) is 0. The van der Waals surface area contributed by atoms with Crippen molar-refractivity contribution in [3.05, 3.63) is 51.9 Å². The molecule has 0 saturated carbocycles. The number of rotatable bonds is 3. The summed E-state index contributed by atoms with van der Waals surface area (Å²) in [6.07, 6.45) is 3.92. The Bertz CT molecular complexity index is 603. The summed E-state index contributed by atoms with van der Waals surface area (Å²) in [5.74, 6) is 0.862. The summed E-state index contributed by atoms with van der Waals surface area (Å²) in [7, 11) is 0. The number of aromatic nitrogens is 3. The molecule has 0 atom stereocenters. The Balaban J connectivity index is 2.21. The van der Waals surface area contributed by atoms with Crippen LogP contribution in [0.3, 0.4) is 0 Å². The van der Waals surface area contributed by atoms with Gasteiger partial charge < -0.3 is 0 Å². The lowest BCUT2D eigenvalue weighted by molar-refractivity contribution is 0.843. The van der Waals surface area contributed by atoms with Crippen molar-refractivity contribution in [1.29, 1.82) is 0 Å². The Morgan fingerprint density at radius 1 is 0.947 bits per heavy atom. The molecule has 0 aromatic carbocycles. The standard InChI is InChI=1S/C16H21N3/c1-10-9-17-11(2)8-15(10)6-7-16-12(3)13(4)18-14(5)19-16/h8-9H,6-7H2,1-5H3. The van der Waals surface area contributed by atoms with Gasteiger partial charge in [-0.05, 0) is 70.2 Å². The Morgan fingerprint density at radius 2 is 1.68 bits per heavy atom. The molecule has 0 aliphatic heterocycles. The zero-order valence-electron chi connectivity index (χ0n) is 12.4. The molecule has 0 spiro atoms. The Morgan fingerprint density at radius 3 is 2.42 bits per heavy atom. The van der Waals surface area contributed by atoms with Gasteiger partial charge in [-0.2, -0.15) is 0 Å². The van der Waals surface area contributed by atoms with Crippen LogP contribution in [0.2, 0.25) is 0 Å². The average Bonchev–Trinajstić information content (AvgIpc) is 2.35. The van der Waals surface area contributed by atoms with Crippen LogP contribution in [0.5, 0.6) is 0 Å². The van der Waals surface area contributed by atoms with Gasteiger partial charge in [-0.3, -0.25) is 4.98 Å². The quantitative estimate of drug-likeness (QED) is 0.845. The summed E-state index contributed by atoms with van der Waals surface area (Å²) in [6.45, 7) is 10.3. The van der Waals surface area contributed by atoms with E-state index in [4.69, 9.17) is 0 Å². The van der Waals surface area contributed by atoms with Crippen LogP contribution >= 0.6 is 0 Å². The van der Waals surface area contributed by atoms with Crippen molar-refractivity contribution in [2.75, 3.05) is 0 Å². The molecule has 3 heteroatoms. The molecule has 100 valence electrons. The van der Waals surface area contributed by atoms with Crippen molar-refractivity contribution < 1.29 is 0 Å². The topological polar surface area (TPSA) is 38.7 Å². The average molecular weight is 255 g/mol. The summed E-state index contributed by atoms with van der Waals surface area (Å²) >= 11 is 0. The van der Waals surface area contributed by atoms with Crippen molar-refractivity contribution in [3.8, 4) is 0 Å². The highest BCUT2D eigenvalue weighted by atomic mass is 14.9. The van der Waals surface area contributed by atoms with Crippen molar-refractivity contribution in [1.82, 2.24) is 15.0 Å². The Hall–Kier alpha value is -1.77. The van der Waals surface area contributed by atoms with E-state index in [0.717, 1.165) is 30.1 Å². The van der Waals surface area contributed by atoms with E-state index >= 15 is 0 Å². The minimum absolute atomic E-state index is 0.862. The first-order chi connectivity index (χ1) is 8.97. The summed E-state index contributed by atoms with van der Waals surface area (Å²) < 4.78 is 0. The van der Waals surface area contributed by atoms with Gasteiger partial charge in [-0.15, -0.1) is 0 Å². The van der Waals surface area contributed by atoms with Gasteiger partial charge in [0.2, 0.25) is 0 Å². The van der Waals surface area contributed by atoms with Crippen LogP contribution in [-0.4, -0.2) is 15.0 Å². The number of hydrogen-bond acceptors (Lipinski definition) is 3. The fourth-order valence-corrected chi connectivity index (χ4v) is 2.29. The first-order valence-corrected chi connectivity index (χ1v) is 6.70. The first-order valence-electron chi connectivity index (χ1n) is 6.70. The predicted molar refractivity (Wildman–Crippen MR) is 77.4 cm³/mol. The molecule has 19 heavy (non-hydrogen) atoms. The van der Waals surface area contributed by atoms with Crippen molar-refractivity contribution >= 4 is 0 Å². The Kier molecular flexibility index (Phi) is 3.93. The van der Waals surface area contributed by atoms with Gasteiger partial charge in [-0.25, -0.2) is 9.97 Å². The van der Waals surface area contributed by atoms with Crippen LogP contribution in [0.25, 0.3) is 0 Å². The van der Waals surface area contributed by atoms with E-state index in [9.17, 15) is 0 Å². The van der Waals surface area contributed by atoms with E-state index < -0.39 is 0 Å². The lowest BCUT2D eigenvalue weighted by Crippen LogP contribution is -2.05. The van der Waals surface area contributed by atoms with Gasteiger partial charge >= 0.3 is 0 Å². The summed E-state index contributed by atoms with van der Waals surface area (Å²) in [6, 6.07) is 2.17. The molecular formula is C16H21N3.